The summed E-state index contributed by atoms with van der Waals surface area (Å²) in [5, 5.41) is 0. The molecule has 0 bridgehead atoms. The van der Waals surface area contributed by atoms with Crippen LogP contribution in [-0.4, -0.2) is 18.0 Å². The van der Waals surface area contributed by atoms with E-state index < -0.39 is 18.0 Å². The average molecular weight is 132 g/mol. The fourth-order valence-corrected chi connectivity index (χ4v) is 0. The molecule has 0 aliphatic carbocycles. The van der Waals surface area contributed by atoms with Crippen molar-refractivity contribution in [2.75, 3.05) is 0 Å². The van der Waals surface area contributed by atoms with Crippen LogP contribution < -0.4 is 0 Å². The van der Waals surface area contributed by atoms with E-state index in [0.717, 1.165) is 0 Å². The molecule has 0 fully saturated rings. The molecule has 0 aliphatic rings. The van der Waals surface area contributed by atoms with E-state index >= 15 is 0 Å². The second kappa shape index (κ2) is 1.74. The van der Waals surface area contributed by atoms with Crippen LogP contribution in [0.25, 0.3) is 0 Å². The molecule has 36 valence electrons. The summed E-state index contributed by atoms with van der Waals surface area (Å²) < 4.78 is 42.1. The lowest BCUT2D eigenvalue weighted by molar-refractivity contribution is 0.506. The maximum absolute atomic E-state index is 10.6. The van der Waals surface area contributed by atoms with Crippen LogP contribution in [0.4, 0.5) is 16.4 Å². The average Bonchev–Trinajstić information content (AvgIpc) is 1.35. The highest BCUT2D eigenvalue weighted by Gasteiger charge is 2.39. The minimum absolute atomic E-state index is 2.29. The third-order valence-electron chi connectivity index (χ3n) is 0.107. The Kier molecular flexibility index (Phi) is 1.78. The van der Waals surface area contributed by atoms with Gasteiger partial charge in [0.05, 0.1) is 0 Å². The molecule has 0 saturated carbocycles. The molecule has 0 aromatic rings. The minimum atomic E-state index is -5.77. The highest BCUT2D eigenvalue weighted by atomic mass is 29.3. The monoisotopic (exact) mass is 132 g/mol. The molecule has 0 atom stereocenters. The van der Waals surface area contributed by atoms with Crippen LogP contribution in [0, 0.1) is 0 Å². The first-order valence-electron chi connectivity index (χ1n) is 1.01. The van der Waals surface area contributed by atoms with Gasteiger partial charge < -0.3 is 4.11 Å². The van der Waals surface area contributed by atoms with Crippen LogP contribution in [0.3, 0.4) is 0 Å². The predicted octanol–water partition coefficient (Wildman–Crippen LogP) is 0.919. The molecular weight excluding hydrogens is 132 g/mol. The molecule has 0 nitrogen and oxygen atoms in total. The van der Waals surface area contributed by atoms with Gasteiger partial charge in [0, 0.05) is 0 Å². The molecule has 0 saturated heterocycles. The van der Waals surface area contributed by atoms with Crippen molar-refractivity contribution >= 4 is 18.0 Å². The van der Waals surface area contributed by atoms with E-state index in [1.165, 1.54) is 0 Å². The number of hydrogen-bond acceptors (Lipinski definition) is 0. The topological polar surface area (TPSA) is 0 Å². The van der Waals surface area contributed by atoms with Crippen molar-refractivity contribution in [2.24, 2.45) is 0 Å². The number of halogens is 4. The molecule has 0 aromatic carbocycles. The molecule has 0 aliphatic heterocycles. The maximum atomic E-state index is 10.6. The van der Waals surface area contributed by atoms with E-state index in [-0.39, 0.29) is 0 Å². The van der Waals surface area contributed by atoms with Gasteiger partial charge in [-0.15, -0.1) is 0 Å². The van der Waals surface area contributed by atoms with Crippen molar-refractivity contribution in [1.29, 1.82) is 0 Å². The van der Waals surface area contributed by atoms with Crippen molar-refractivity contribution in [1.82, 2.24) is 0 Å². The van der Waals surface area contributed by atoms with Gasteiger partial charge in [-0.05, 0) is 0 Å². The zero-order valence-corrected chi connectivity index (χ0v) is 4.51. The number of hydrogen-bond donors (Lipinski definition) is 0. The summed E-state index contributed by atoms with van der Waals surface area (Å²) in [6, 6.07) is 0. The van der Waals surface area contributed by atoms with Crippen LogP contribution in [0.2, 0.25) is 0 Å². The fourth-order valence-electron chi connectivity index (χ4n) is 0. The van der Waals surface area contributed by atoms with Gasteiger partial charge in [0.2, 0.25) is 0 Å². The normalized spacial score (nSPS) is 12.0. The van der Waals surface area contributed by atoms with Crippen molar-refractivity contribution < 1.29 is 16.4 Å². The first kappa shape index (κ1) is 6.15. The van der Waals surface area contributed by atoms with Gasteiger partial charge in [0.25, 0.3) is 0 Å². The second-order valence-electron chi connectivity index (χ2n) is 0.592. The number of rotatable bonds is 1. The highest BCUT2D eigenvalue weighted by molar-refractivity contribution is 7.10. The summed E-state index contributed by atoms with van der Waals surface area (Å²) in [5.74, 6) is 0. The Hall–Kier alpha value is 0.154. The van der Waals surface area contributed by atoms with Gasteiger partial charge in [0.15, 0.2) is 0 Å². The predicted molar refractivity (Wildman–Crippen MR) is 15.9 cm³/mol. The third-order valence-corrected chi connectivity index (χ3v) is 0.964. The first-order valence-corrected chi connectivity index (χ1v) is 4.52. The Morgan fingerprint density at radius 1 is 1.17 bits per heavy atom. The van der Waals surface area contributed by atoms with Crippen molar-refractivity contribution in [3.63, 3.8) is 0 Å². The van der Waals surface area contributed by atoms with Crippen molar-refractivity contribution in [3.05, 3.63) is 0 Å². The standard InChI is InChI=1S/F4Si2/c1-5-6(2,3)4. The lowest BCUT2D eigenvalue weighted by Gasteiger charge is -1.85. The van der Waals surface area contributed by atoms with Gasteiger partial charge in [0.1, 0.15) is 0 Å². The third kappa shape index (κ3) is 4.15. The summed E-state index contributed by atoms with van der Waals surface area (Å²) in [7, 11) is -8.06. The SMILES string of the molecule is F[Si][Si](F)(F)F. The Labute approximate surface area is 35.5 Å². The molecule has 6 heavy (non-hydrogen) atoms. The molecule has 2 radical (unpaired) electrons. The van der Waals surface area contributed by atoms with E-state index in [2.05, 4.69) is 0 Å². The van der Waals surface area contributed by atoms with Gasteiger partial charge >= 0.3 is 18.0 Å². The van der Waals surface area contributed by atoms with Gasteiger partial charge in [-0.2, -0.15) is 0 Å². The largest absolute Gasteiger partial charge is 0.620 e. The highest BCUT2D eigenvalue weighted by Crippen LogP contribution is 2.04. The summed E-state index contributed by atoms with van der Waals surface area (Å²) in [6.45, 7) is 0. The van der Waals surface area contributed by atoms with E-state index in [9.17, 15) is 16.4 Å². The molecule has 0 unspecified atom stereocenters. The Bertz CT molecular complexity index is 35.3. The van der Waals surface area contributed by atoms with Crippen molar-refractivity contribution in [2.45, 2.75) is 0 Å². The van der Waals surface area contributed by atoms with Gasteiger partial charge in [-0.3, -0.25) is 0 Å². The maximum Gasteiger partial charge on any atom is 0.620 e. The molecule has 0 rings (SSSR count). The fraction of sp³-hybridized carbons (Fsp3) is 0. The van der Waals surface area contributed by atoms with E-state index in [1.54, 1.807) is 0 Å². The summed E-state index contributed by atoms with van der Waals surface area (Å²) in [4.78, 5) is 0. The van der Waals surface area contributed by atoms with E-state index in [4.69, 9.17) is 0 Å². The molecule has 0 heterocycles. The Balaban J connectivity index is 3.17. The second-order valence-corrected chi connectivity index (χ2v) is 4.04. The van der Waals surface area contributed by atoms with Crippen LogP contribution in [-0.2, 0) is 0 Å². The van der Waals surface area contributed by atoms with Crippen LogP contribution in [0.5, 0.6) is 0 Å². The lowest BCUT2D eigenvalue weighted by Crippen LogP contribution is -2.21. The zero-order chi connectivity index (χ0) is 5.21. The molecule has 0 aromatic heterocycles. The van der Waals surface area contributed by atoms with Crippen LogP contribution >= 0.6 is 0 Å². The van der Waals surface area contributed by atoms with E-state index in [0.29, 0.717) is 0 Å². The first-order chi connectivity index (χ1) is 2.56. The van der Waals surface area contributed by atoms with Crippen LogP contribution in [0.1, 0.15) is 0 Å². The minimum Gasteiger partial charge on any atom is -0.308 e. The summed E-state index contributed by atoms with van der Waals surface area (Å²) in [5.41, 5.74) is 0. The molecule has 0 N–H and O–H groups in total. The molecule has 6 heteroatoms. The summed E-state index contributed by atoms with van der Waals surface area (Å²) >= 11 is 0. The Morgan fingerprint density at radius 3 is 1.33 bits per heavy atom. The molecular formula is F4Si2. The summed E-state index contributed by atoms with van der Waals surface area (Å²) in [6.07, 6.45) is 0. The van der Waals surface area contributed by atoms with Crippen molar-refractivity contribution in [3.8, 4) is 0 Å². The molecule has 0 spiro atoms. The quantitative estimate of drug-likeness (QED) is 0.283. The Morgan fingerprint density at radius 2 is 1.33 bits per heavy atom. The van der Waals surface area contributed by atoms with E-state index in [1.807, 2.05) is 0 Å². The van der Waals surface area contributed by atoms with Crippen LogP contribution in [0.15, 0.2) is 0 Å². The zero-order valence-electron chi connectivity index (χ0n) is 2.51. The lowest BCUT2D eigenvalue weighted by atomic mass is 18.7. The smallest absolute Gasteiger partial charge is 0.308 e. The molecule has 0 amide bonds. The van der Waals surface area contributed by atoms with Gasteiger partial charge in [-0.25, -0.2) is 12.3 Å². The van der Waals surface area contributed by atoms with Gasteiger partial charge in [-0.1, -0.05) is 0 Å².